The molecule has 1 N–H and O–H groups in total. The molecule has 2 fully saturated rings. The lowest BCUT2D eigenvalue weighted by molar-refractivity contribution is -0.155. The molecule has 0 spiro atoms. The van der Waals surface area contributed by atoms with E-state index in [1.165, 1.54) is 16.4 Å². The van der Waals surface area contributed by atoms with E-state index in [2.05, 4.69) is 19.9 Å². The molecular weight excluding hydrogens is 489 g/mol. The molecule has 4 rings (SSSR count). The van der Waals surface area contributed by atoms with Crippen molar-refractivity contribution >= 4 is 15.9 Å². The summed E-state index contributed by atoms with van der Waals surface area (Å²) >= 11 is 0. The zero-order valence-corrected chi connectivity index (χ0v) is 20.0. The molecule has 13 heteroatoms. The summed E-state index contributed by atoms with van der Waals surface area (Å²) in [5.41, 5.74) is -0.240. The molecule has 0 aromatic carbocycles. The molecule has 194 valence electrons. The van der Waals surface area contributed by atoms with Gasteiger partial charge in [0.05, 0.1) is 0 Å². The van der Waals surface area contributed by atoms with Crippen LogP contribution < -0.4 is 5.32 Å². The van der Waals surface area contributed by atoms with Crippen LogP contribution in [0.4, 0.5) is 13.2 Å². The van der Waals surface area contributed by atoms with E-state index in [1.54, 1.807) is 0 Å². The summed E-state index contributed by atoms with van der Waals surface area (Å²) in [6, 6.07) is 3.30. The standard InChI is InChI=1S/C22H29F3N4O5S/c23-22(24,25)19-15-17(27-34-19)18-7-8-21(33-18)35(31,32)29-12-4-2-9-26-20(30)14-16-6-1-3-10-28(16)11-5-13-29/h7-8,15-16H,1-6,9-14H2,(H,26,30). The minimum absolute atomic E-state index is 0.0234. The van der Waals surface area contributed by atoms with Gasteiger partial charge in [0.15, 0.2) is 5.76 Å². The average Bonchev–Trinajstić information content (AvgIpc) is 3.48. The molecule has 1 amide bonds. The van der Waals surface area contributed by atoms with Crippen molar-refractivity contribution in [2.24, 2.45) is 0 Å². The van der Waals surface area contributed by atoms with Crippen molar-refractivity contribution in [3.05, 3.63) is 24.0 Å². The fourth-order valence-electron chi connectivity index (χ4n) is 4.56. The van der Waals surface area contributed by atoms with Crippen molar-refractivity contribution in [2.75, 3.05) is 32.7 Å². The number of amides is 1. The van der Waals surface area contributed by atoms with Crippen LogP contribution in [0.25, 0.3) is 11.5 Å². The quantitative estimate of drug-likeness (QED) is 0.663. The number of aromatic nitrogens is 1. The number of hydrogen-bond donors (Lipinski definition) is 1. The van der Waals surface area contributed by atoms with E-state index in [9.17, 15) is 26.4 Å². The molecule has 2 saturated heterocycles. The Hall–Kier alpha value is -2.38. The first-order valence-corrected chi connectivity index (χ1v) is 13.2. The Morgan fingerprint density at radius 2 is 1.77 bits per heavy atom. The number of carbonyl (C=O) groups is 1. The van der Waals surface area contributed by atoms with Crippen LogP contribution in [0.3, 0.4) is 0 Å². The van der Waals surface area contributed by atoms with Crippen molar-refractivity contribution in [3.8, 4) is 11.5 Å². The Bertz CT molecular complexity index is 1110. The third-order valence-electron chi connectivity index (χ3n) is 6.40. The topological polar surface area (TPSA) is 109 Å². The molecule has 0 bridgehead atoms. The van der Waals surface area contributed by atoms with Gasteiger partial charge in [-0.15, -0.1) is 0 Å². The van der Waals surface area contributed by atoms with Crippen molar-refractivity contribution in [1.29, 1.82) is 0 Å². The SMILES string of the molecule is O=C1CC2CCCCN2CCCN(S(=O)(=O)c2ccc(-c3cc(C(F)(F)F)on3)o2)CCCCN1. The van der Waals surface area contributed by atoms with Crippen molar-refractivity contribution in [3.63, 3.8) is 0 Å². The zero-order chi connectivity index (χ0) is 25.1. The maximum Gasteiger partial charge on any atom is 0.452 e. The number of sulfonamides is 1. The number of alkyl halides is 3. The van der Waals surface area contributed by atoms with E-state index in [0.717, 1.165) is 25.8 Å². The Kier molecular flexibility index (Phi) is 7.86. The third kappa shape index (κ3) is 6.25. The highest BCUT2D eigenvalue weighted by Crippen LogP contribution is 2.33. The Morgan fingerprint density at radius 1 is 1.03 bits per heavy atom. The van der Waals surface area contributed by atoms with Gasteiger partial charge >= 0.3 is 6.18 Å². The highest BCUT2D eigenvalue weighted by atomic mass is 32.2. The summed E-state index contributed by atoms with van der Waals surface area (Å²) in [6.45, 7) is 2.53. The van der Waals surface area contributed by atoms with Crippen LogP contribution in [0.5, 0.6) is 0 Å². The zero-order valence-electron chi connectivity index (χ0n) is 19.2. The number of carbonyl (C=O) groups excluding carboxylic acids is 1. The number of nitrogens with zero attached hydrogens (tertiary/aromatic N) is 3. The second-order valence-electron chi connectivity index (χ2n) is 8.90. The first-order valence-electron chi connectivity index (χ1n) is 11.8. The monoisotopic (exact) mass is 518 g/mol. The van der Waals surface area contributed by atoms with Gasteiger partial charge in [-0.25, -0.2) is 8.42 Å². The lowest BCUT2D eigenvalue weighted by Gasteiger charge is -2.35. The molecule has 2 aliphatic heterocycles. The minimum Gasteiger partial charge on any atom is -0.441 e. The molecular formula is C22H29F3N4O5S. The summed E-state index contributed by atoms with van der Waals surface area (Å²) in [4.78, 5) is 14.6. The van der Waals surface area contributed by atoms with Crippen LogP contribution in [0, 0.1) is 0 Å². The number of piperidine rings is 1. The normalized spacial score (nSPS) is 22.5. The number of fused-ring (bicyclic) bond motifs is 1. The van der Waals surface area contributed by atoms with Crippen LogP contribution in [-0.4, -0.2) is 67.5 Å². The van der Waals surface area contributed by atoms with Gasteiger partial charge in [-0.2, -0.15) is 17.5 Å². The number of nitrogens with one attached hydrogen (secondary N) is 1. The van der Waals surface area contributed by atoms with Crippen LogP contribution >= 0.6 is 0 Å². The maximum atomic E-state index is 13.3. The fourth-order valence-corrected chi connectivity index (χ4v) is 5.99. The summed E-state index contributed by atoms with van der Waals surface area (Å²) < 4.78 is 76.1. The Labute approximate surface area is 201 Å². The van der Waals surface area contributed by atoms with Crippen molar-refractivity contribution in [2.45, 2.75) is 62.3 Å². The van der Waals surface area contributed by atoms with E-state index < -0.39 is 22.0 Å². The first-order chi connectivity index (χ1) is 16.6. The number of rotatable bonds is 3. The molecule has 35 heavy (non-hydrogen) atoms. The molecule has 2 aliphatic rings. The van der Waals surface area contributed by atoms with E-state index >= 15 is 0 Å². The second-order valence-corrected chi connectivity index (χ2v) is 10.8. The molecule has 1 atom stereocenters. The second kappa shape index (κ2) is 10.7. The third-order valence-corrected chi connectivity index (χ3v) is 8.17. The van der Waals surface area contributed by atoms with Crippen LogP contribution in [0.2, 0.25) is 0 Å². The molecule has 2 aromatic rings. The Morgan fingerprint density at radius 3 is 2.54 bits per heavy atom. The van der Waals surface area contributed by atoms with Gasteiger partial charge in [-0.3, -0.25) is 9.69 Å². The fraction of sp³-hybridized carbons (Fsp3) is 0.636. The average molecular weight is 519 g/mol. The molecule has 0 saturated carbocycles. The highest BCUT2D eigenvalue weighted by molar-refractivity contribution is 7.89. The molecule has 0 aliphatic carbocycles. The van der Waals surface area contributed by atoms with E-state index in [4.69, 9.17) is 4.42 Å². The molecule has 1 unspecified atom stereocenters. The van der Waals surface area contributed by atoms with Gasteiger partial charge in [0.2, 0.25) is 16.8 Å². The van der Waals surface area contributed by atoms with Gasteiger partial charge in [0.1, 0.15) is 5.69 Å². The van der Waals surface area contributed by atoms with Crippen LogP contribution in [0.15, 0.2) is 32.2 Å². The Balaban J connectivity index is 1.49. The van der Waals surface area contributed by atoms with E-state index in [1.807, 2.05) is 0 Å². The summed E-state index contributed by atoms with van der Waals surface area (Å²) in [7, 11) is -4.03. The maximum absolute atomic E-state index is 13.3. The van der Waals surface area contributed by atoms with E-state index in [0.29, 0.717) is 44.8 Å². The van der Waals surface area contributed by atoms with Crippen molar-refractivity contribution < 1.29 is 35.3 Å². The van der Waals surface area contributed by atoms with Gasteiger partial charge in [-0.05, 0) is 57.3 Å². The number of furan rings is 1. The summed E-state index contributed by atoms with van der Waals surface area (Å²) in [5, 5.41) is 5.91. The molecule has 4 heterocycles. The highest BCUT2D eigenvalue weighted by Gasteiger charge is 2.37. The van der Waals surface area contributed by atoms with Crippen LogP contribution in [-0.2, 0) is 21.0 Å². The largest absolute Gasteiger partial charge is 0.452 e. The minimum atomic E-state index is -4.71. The summed E-state index contributed by atoms with van der Waals surface area (Å²) in [5.74, 6) is -1.40. The first kappa shape index (κ1) is 25.7. The van der Waals surface area contributed by atoms with Gasteiger partial charge < -0.3 is 14.3 Å². The lowest BCUT2D eigenvalue weighted by Crippen LogP contribution is -2.43. The number of halogens is 3. The summed E-state index contributed by atoms with van der Waals surface area (Å²) in [6.07, 6.45) is 0.561. The van der Waals surface area contributed by atoms with Gasteiger partial charge in [0, 0.05) is 38.2 Å². The molecule has 9 nitrogen and oxygen atoms in total. The predicted octanol–water partition coefficient (Wildman–Crippen LogP) is 3.49. The van der Waals surface area contributed by atoms with Gasteiger partial charge in [-0.1, -0.05) is 11.6 Å². The van der Waals surface area contributed by atoms with E-state index in [-0.39, 0.29) is 41.6 Å². The predicted molar refractivity (Wildman–Crippen MR) is 119 cm³/mol. The lowest BCUT2D eigenvalue weighted by atomic mass is 9.98. The van der Waals surface area contributed by atoms with Gasteiger partial charge in [0.25, 0.3) is 10.0 Å². The smallest absolute Gasteiger partial charge is 0.441 e. The molecule has 0 radical (unpaired) electrons. The molecule has 2 aromatic heterocycles. The number of hydrogen-bond acceptors (Lipinski definition) is 7. The van der Waals surface area contributed by atoms with Crippen LogP contribution in [0.1, 0.15) is 50.7 Å². The van der Waals surface area contributed by atoms with Crippen molar-refractivity contribution in [1.82, 2.24) is 19.7 Å².